The van der Waals surface area contributed by atoms with Crippen LogP contribution in [0.4, 0.5) is 0 Å². The van der Waals surface area contributed by atoms with E-state index in [0.717, 1.165) is 32.1 Å². The highest BCUT2D eigenvalue weighted by Gasteiger charge is 2.57. The molecule has 0 amide bonds. The van der Waals surface area contributed by atoms with Crippen molar-refractivity contribution in [3.63, 3.8) is 0 Å². The lowest BCUT2D eigenvalue weighted by Crippen LogP contribution is -2.53. The summed E-state index contributed by atoms with van der Waals surface area (Å²) >= 11 is 0. The molecular formula is C26H40O3. The van der Waals surface area contributed by atoms with Crippen molar-refractivity contribution in [1.29, 1.82) is 0 Å². The van der Waals surface area contributed by atoms with Crippen LogP contribution in [0, 0.1) is 34.0 Å². The van der Waals surface area contributed by atoms with Gasteiger partial charge in [-0.1, -0.05) is 46.3 Å². The molecule has 0 heterocycles. The minimum atomic E-state index is -0.671. The van der Waals surface area contributed by atoms with E-state index in [1.54, 1.807) is 16.7 Å². The zero-order chi connectivity index (χ0) is 21.2. The molecule has 4 aliphatic carbocycles. The van der Waals surface area contributed by atoms with E-state index >= 15 is 0 Å². The van der Waals surface area contributed by atoms with Gasteiger partial charge in [-0.3, -0.25) is 4.79 Å². The molecule has 1 unspecified atom stereocenters. The van der Waals surface area contributed by atoms with E-state index in [2.05, 4.69) is 40.7 Å². The Morgan fingerprint density at radius 1 is 1.14 bits per heavy atom. The van der Waals surface area contributed by atoms with Gasteiger partial charge in [0.1, 0.15) is 0 Å². The molecule has 3 nitrogen and oxygen atoms in total. The molecule has 3 heteroatoms. The highest BCUT2D eigenvalue weighted by molar-refractivity contribution is 5.66. The fourth-order valence-corrected chi connectivity index (χ4v) is 8.13. The van der Waals surface area contributed by atoms with E-state index < -0.39 is 5.97 Å². The molecule has 1 saturated carbocycles. The van der Waals surface area contributed by atoms with Crippen molar-refractivity contribution in [3.8, 4) is 0 Å². The first-order valence-electron chi connectivity index (χ1n) is 11.8. The minimum absolute atomic E-state index is 0.00970. The summed E-state index contributed by atoms with van der Waals surface area (Å²) in [7, 11) is 0. The zero-order valence-corrected chi connectivity index (χ0v) is 19.1. The summed E-state index contributed by atoms with van der Waals surface area (Å²) in [6.45, 7) is 11.8. The Morgan fingerprint density at radius 2 is 1.86 bits per heavy atom. The largest absolute Gasteiger partial charge is 0.481 e. The molecule has 0 aromatic rings. The normalized spacial score (nSPS) is 41.9. The Hall–Kier alpha value is -1.09. The number of carboxylic acids is 1. The van der Waals surface area contributed by atoms with Crippen LogP contribution in [-0.2, 0) is 4.79 Å². The summed E-state index contributed by atoms with van der Waals surface area (Å²) in [4.78, 5) is 11.1. The topological polar surface area (TPSA) is 57.5 Å². The lowest BCUT2D eigenvalue weighted by Gasteiger charge is -2.59. The second-order valence-corrected chi connectivity index (χ2v) is 11.6. The smallest absolute Gasteiger partial charge is 0.303 e. The number of fused-ring (bicyclic) bond motifs is 4. The molecule has 0 saturated heterocycles. The van der Waals surface area contributed by atoms with Gasteiger partial charge in [0.15, 0.2) is 0 Å². The maximum absolute atomic E-state index is 11.1. The minimum Gasteiger partial charge on any atom is -0.481 e. The standard InChI is InChI=1S/C26H40O3/c1-16(6-11-23(28)29)18-8-9-19-17-7-10-21-24(2,3)22(27)13-15-26(21,5)20(17)12-14-25(18,19)4/h9,16,18,21-22,27H,6-8,10-15H2,1-5H3,(H,28,29)/t16-,18-,21+,22?,25-,26-/m1/s1. The van der Waals surface area contributed by atoms with Gasteiger partial charge < -0.3 is 10.2 Å². The summed E-state index contributed by atoms with van der Waals surface area (Å²) in [5.74, 6) is 0.910. The van der Waals surface area contributed by atoms with Crippen LogP contribution in [0.25, 0.3) is 0 Å². The first-order valence-corrected chi connectivity index (χ1v) is 11.8. The van der Waals surface area contributed by atoms with Crippen LogP contribution < -0.4 is 0 Å². The van der Waals surface area contributed by atoms with Crippen molar-refractivity contribution in [1.82, 2.24) is 0 Å². The number of allylic oxidation sites excluding steroid dienone is 4. The van der Waals surface area contributed by atoms with Gasteiger partial charge in [0.2, 0.25) is 0 Å². The molecule has 0 spiro atoms. The predicted molar refractivity (Wildman–Crippen MR) is 116 cm³/mol. The Labute approximate surface area is 176 Å². The van der Waals surface area contributed by atoms with Gasteiger partial charge in [-0.15, -0.1) is 0 Å². The number of aliphatic hydroxyl groups is 1. The van der Waals surface area contributed by atoms with Crippen LogP contribution in [0.3, 0.4) is 0 Å². The highest BCUT2D eigenvalue weighted by Crippen LogP contribution is 2.66. The summed E-state index contributed by atoms with van der Waals surface area (Å²) in [5, 5.41) is 19.8. The average molecular weight is 401 g/mol. The van der Waals surface area contributed by atoms with E-state index in [9.17, 15) is 9.90 Å². The zero-order valence-electron chi connectivity index (χ0n) is 19.1. The second-order valence-electron chi connectivity index (χ2n) is 11.6. The first-order chi connectivity index (χ1) is 13.5. The number of aliphatic carboxylic acids is 1. The van der Waals surface area contributed by atoms with Gasteiger partial charge in [-0.2, -0.15) is 0 Å². The molecule has 4 rings (SSSR count). The van der Waals surface area contributed by atoms with Crippen molar-refractivity contribution >= 4 is 5.97 Å². The van der Waals surface area contributed by atoms with Crippen molar-refractivity contribution in [2.24, 2.45) is 34.0 Å². The van der Waals surface area contributed by atoms with Gasteiger partial charge in [0.25, 0.3) is 0 Å². The van der Waals surface area contributed by atoms with E-state index in [4.69, 9.17) is 5.11 Å². The number of rotatable bonds is 4. The summed E-state index contributed by atoms with van der Waals surface area (Å²) in [5.41, 5.74) is 5.39. The molecule has 0 radical (unpaired) electrons. The monoisotopic (exact) mass is 400 g/mol. The number of aliphatic hydroxyl groups excluding tert-OH is 1. The van der Waals surface area contributed by atoms with Crippen LogP contribution >= 0.6 is 0 Å². The van der Waals surface area contributed by atoms with E-state index in [1.165, 1.54) is 19.3 Å². The van der Waals surface area contributed by atoms with Gasteiger partial charge in [0, 0.05) is 6.42 Å². The van der Waals surface area contributed by atoms with Crippen LogP contribution in [0.5, 0.6) is 0 Å². The van der Waals surface area contributed by atoms with Crippen molar-refractivity contribution in [2.75, 3.05) is 0 Å². The summed E-state index contributed by atoms with van der Waals surface area (Å²) in [6.07, 6.45) is 11.3. The van der Waals surface area contributed by atoms with Crippen LogP contribution in [-0.4, -0.2) is 22.3 Å². The van der Waals surface area contributed by atoms with Crippen molar-refractivity contribution in [3.05, 3.63) is 22.8 Å². The van der Waals surface area contributed by atoms with E-state index in [1.807, 2.05) is 0 Å². The molecule has 0 bridgehead atoms. The Morgan fingerprint density at radius 3 is 2.55 bits per heavy atom. The molecule has 162 valence electrons. The Balaban J connectivity index is 1.64. The van der Waals surface area contributed by atoms with Gasteiger partial charge in [-0.25, -0.2) is 0 Å². The molecule has 4 aliphatic rings. The van der Waals surface area contributed by atoms with Gasteiger partial charge in [0.05, 0.1) is 6.10 Å². The fourth-order valence-electron chi connectivity index (χ4n) is 8.13. The van der Waals surface area contributed by atoms with Gasteiger partial charge >= 0.3 is 5.97 Å². The summed E-state index contributed by atoms with van der Waals surface area (Å²) in [6, 6.07) is 0. The van der Waals surface area contributed by atoms with E-state index in [0.29, 0.717) is 17.8 Å². The number of hydrogen-bond acceptors (Lipinski definition) is 2. The highest BCUT2D eigenvalue weighted by atomic mass is 16.4. The SMILES string of the molecule is C[C@H](CCC(=O)O)[C@H]1CC=C2C3=C(CC[C@@]21C)[C@@]1(C)CCC(O)C(C)(C)[C@@H]1CC3. The maximum Gasteiger partial charge on any atom is 0.303 e. The Bertz CT molecular complexity index is 760. The molecule has 1 fully saturated rings. The third-order valence-electron chi connectivity index (χ3n) is 9.93. The van der Waals surface area contributed by atoms with Crippen molar-refractivity contribution in [2.45, 2.75) is 98.5 Å². The summed E-state index contributed by atoms with van der Waals surface area (Å²) < 4.78 is 0. The molecule has 6 atom stereocenters. The van der Waals surface area contributed by atoms with Crippen LogP contribution in [0.15, 0.2) is 22.8 Å². The Kier molecular flexibility index (Phi) is 5.08. The molecule has 0 aromatic heterocycles. The van der Waals surface area contributed by atoms with Crippen LogP contribution in [0.1, 0.15) is 92.4 Å². The number of hydrogen-bond donors (Lipinski definition) is 2. The van der Waals surface area contributed by atoms with Crippen LogP contribution in [0.2, 0.25) is 0 Å². The lowest BCUT2D eigenvalue weighted by atomic mass is 9.46. The van der Waals surface area contributed by atoms with Gasteiger partial charge in [-0.05, 0) is 96.5 Å². The molecular weight excluding hydrogens is 360 g/mol. The first kappa shape index (κ1) is 21.2. The third-order valence-corrected chi connectivity index (χ3v) is 9.93. The quantitative estimate of drug-likeness (QED) is 0.597. The third kappa shape index (κ3) is 3.06. The van der Waals surface area contributed by atoms with E-state index in [-0.39, 0.29) is 28.8 Å². The molecule has 29 heavy (non-hydrogen) atoms. The number of carboxylic acid groups (broad SMARTS) is 1. The maximum atomic E-state index is 11.1. The van der Waals surface area contributed by atoms with Crippen molar-refractivity contribution < 1.29 is 15.0 Å². The fraction of sp³-hybridized carbons (Fsp3) is 0.808. The second kappa shape index (κ2) is 6.97. The predicted octanol–water partition coefficient (Wildman–Crippen LogP) is 6.13. The number of carbonyl (C=O) groups is 1. The molecule has 0 aromatic carbocycles. The average Bonchev–Trinajstić information content (AvgIpc) is 3.00. The molecule has 2 N–H and O–H groups in total. The molecule has 0 aliphatic heterocycles. The lowest BCUT2D eigenvalue weighted by molar-refractivity contribution is -0.137.